The lowest BCUT2D eigenvalue weighted by atomic mass is 10.1. The van der Waals surface area contributed by atoms with Gasteiger partial charge in [-0.05, 0) is 36.8 Å². The summed E-state index contributed by atoms with van der Waals surface area (Å²) < 4.78 is 5.96. The molecule has 1 N–H and O–H groups in total. The fraction of sp³-hybridized carbons (Fsp3) is 0.316. The van der Waals surface area contributed by atoms with E-state index < -0.39 is 0 Å². The highest BCUT2D eigenvalue weighted by atomic mass is 16.5. The molecule has 4 nitrogen and oxygen atoms in total. The van der Waals surface area contributed by atoms with E-state index in [0.29, 0.717) is 0 Å². The minimum absolute atomic E-state index is 0.0336. The van der Waals surface area contributed by atoms with E-state index in [0.717, 1.165) is 42.9 Å². The molecule has 3 rings (SSSR count). The number of carbonyl (C=O) groups is 1. The Bertz CT molecular complexity index is 649. The average Bonchev–Trinajstić information content (AvgIpc) is 2.56. The maximum absolute atomic E-state index is 12.3. The molecule has 120 valence electrons. The molecule has 0 spiro atoms. The molecule has 1 fully saturated rings. The van der Waals surface area contributed by atoms with Crippen molar-refractivity contribution in [1.29, 1.82) is 0 Å². The molecule has 0 saturated carbocycles. The van der Waals surface area contributed by atoms with E-state index in [9.17, 15) is 4.79 Å². The second kappa shape index (κ2) is 7.18. The molecule has 1 heterocycles. The summed E-state index contributed by atoms with van der Waals surface area (Å²) in [5.74, 6) is 0.898. The Morgan fingerprint density at radius 2 is 1.83 bits per heavy atom. The SMILES string of the molecule is Cc1cccc(NC(=O)N2CCC(Oc3ccccc3)CC2)c1. The quantitative estimate of drug-likeness (QED) is 0.928. The van der Waals surface area contributed by atoms with E-state index in [1.165, 1.54) is 0 Å². The molecular weight excluding hydrogens is 288 g/mol. The Balaban J connectivity index is 1.49. The van der Waals surface area contributed by atoms with Gasteiger partial charge >= 0.3 is 6.03 Å². The molecule has 0 unspecified atom stereocenters. The molecule has 1 aliphatic rings. The monoisotopic (exact) mass is 310 g/mol. The van der Waals surface area contributed by atoms with Crippen molar-refractivity contribution in [3.8, 4) is 5.75 Å². The Labute approximate surface area is 137 Å². The minimum atomic E-state index is -0.0336. The van der Waals surface area contributed by atoms with Crippen LogP contribution in [0.2, 0.25) is 0 Å². The molecule has 23 heavy (non-hydrogen) atoms. The van der Waals surface area contributed by atoms with Crippen LogP contribution in [0.1, 0.15) is 18.4 Å². The molecular formula is C19H22N2O2. The van der Waals surface area contributed by atoms with Crippen molar-refractivity contribution in [2.24, 2.45) is 0 Å². The Kier molecular flexibility index (Phi) is 4.81. The number of ether oxygens (including phenoxy) is 1. The third-order valence-electron chi connectivity index (χ3n) is 4.04. The van der Waals surface area contributed by atoms with E-state index in [4.69, 9.17) is 4.74 Å². The van der Waals surface area contributed by atoms with Gasteiger partial charge in [0.05, 0.1) is 0 Å². The van der Waals surface area contributed by atoms with Crippen LogP contribution in [0.5, 0.6) is 5.75 Å². The maximum Gasteiger partial charge on any atom is 0.321 e. The highest BCUT2D eigenvalue weighted by Crippen LogP contribution is 2.19. The van der Waals surface area contributed by atoms with Crippen LogP contribution in [0.4, 0.5) is 10.5 Å². The van der Waals surface area contributed by atoms with Gasteiger partial charge in [-0.15, -0.1) is 0 Å². The van der Waals surface area contributed by atoms with Gasteiger partial charge < -0.3 is 15.0 Å². The number of carbonyl (C=O) groups excluding carboxylic acids is 1. The standard InChI is InChI=1S/C19H22N2O2/c1-15-6-5-7-16(14-15)20-19(22)21-12-10-18(11-13-21)23-17-8-3-2-4-9-17/h2-9,14,18H,10-13H2,1H3,(H,20,22). The number of rotatable bonds is 3. The van der Waals surface area contributed by atoms with Gasteiger partial charge in [-0.1, -0.05) is 30.3 Å². The summed E-state index contributed by atoms with van der Waals surface area (Å²) in [6, 6.07) is 17.7. The second-order valence-corrected chi connectivity index (χ2v) is 5.92. The number of nitrogens with zero attached hydrogens (tertiary/aromatic N) is 1. The van der Waals surface area contributed by atoms with Crippen molar-refractivity contribution in [3.05, 3.63) is 60.2 Å². The molecule has 1 aliphatic heterocycles. The van der Waals surface area contributed by atoms with E-state index in [-0.39, 0.29) is 12.1 Å². The number of likely N-dealkylation sites (tertiary alicyclic amines) is 1. The van der Waals surface area contributed by atoms with Gasteiger partial charge in [0.2, 0.25) is 0 Å². The highest BCUT2D eigenvalue weighted by molar-refractivity contribution is 5.89. The fourth-order valence-corrected chi connectivity index (χ4v) is 2.79. The zero-order valence-electron chi connectivity index (χ0n) is 13.4. The topological polar surface area (TPSA) is 41.6 Å². The van der Waals surface area contributed by atoms with Gasteiger partial charge in [0.15, 0.2) is 0 Å². The normalized spacial score (nSPS) is 15.3. The number of anilines is 1. The van der Waals surface area contributed by atoms with Gasteiger partial charge in [-0.3, -0.25) is 0 Å². The smallest absolute Gasteiger partial charge is 0.321 e. The summed E-state index contributed by atoms with van der Waals surface area (Å²) in [7, 11) is 0. The molecule has 0 radical (unpaired) electrons. The van der Waals surface area contributed by atoms with Crippen molar-refractivity contribution in [2.45, 2.75) is 25.9 Å². The van der Waals surface area contributed by atoms with Crippen molar-refractivity contribution in [3.63, 3.8) is 0 Å². The third kappa shape index (κ3) is 4.25. The predicted molar refractivity (Wildman–Crippen MR) is 91.9 cm³/mol. The van der Waals surface area contributed by atoms with Crippen LogP contribution < -0.4 is 10.1 Å². The van der Waals surface area contributed by atoms with Crippen molar-refractivity contribution in [1.82, 2.24) is 4.90 Å². The summed E-state index contributed by atoms with van der Waals surface area (Å²) in [4.78, 5) is 14.2. The molecule has 1 saturated heterocycles. The van der Waals surface area contributed by atoms with Crippen molar-refractivity contribution >= 4 is 11.7 Å². The first kappa shape index (κ1) is 15.4. The van der Waals surface area contributed by atoms with Crippen molar-refractivity contribution < 1.29 is 9.53 Å². The third-order valence-corrected chi connectivity index (χ3v) is 4.04. The predicted octanol–water partition coefficient (Wildman–Crippen LogP) is 4.07. The van der Waals surface area contributed by atoms with Gasteiger partial charge in [0.25, 0.3) is 0 Å². The van der Waals surface area contributed by atoms with Crippen LogP contribution >= 0.6 is 0 Å². The molecule has 2 aromatic carbocycles. The van der Waals surface area contributed by atoms with Gasteiger partial charge in [0, 0.05) is 31.6 Å². The van der Waals surface area contributed by atoms with Crippen molar-refractivity contribution in [2.75, 3.05) is 18.4 Å². The number of para-hydroxylation sites is 1. The Morgan fingerprint density at radius 3 is 2.52 bits per heavy atom. The second-order valence-electron chi connectivity index (χ2n) is 5.92. The maximum atomic E-state index is 12.3. The van der Waals surface area contributed by atoms with Gasteiger partial charge in [-0.25, -0.2) is 4.79 Å². The first-order valence-electron chi connectivity index (χ1n) is 8.05. The lowest BCUT2D eigenvalue weighted by molar-refractivity contribution is 0.115. The summed E-state index contributed by atoms with van der Waals surface area (Å²) in [6.45, 7) is 3.45. The summed E-state index contributed by atoms with van der Waals surface area (Å²) in [5, 5.41) is 2.96. The molecule has 0 aromatic heterocycles. The highest BCUT2D eigenvalue weighted by Gasteiger charge is 2.23. The summed E-state index contributed by atoms with van der Waals surface area (Å²) in [5.41, 5.74) is 1.98. The van der Waals surface area contributed by atoms with Crippen LogP contribution in [-0.2, 0) is 0 Å². The number of nitrogens with one attached hydrogen (secondary N) is 1. The van der Waals surface area contributed by atoms with Gasteiger partial charge in [-0.2, -0.15) is 0 Å². The number of hydrogen-bond acceptors (Lipinski definition) is 2. The van der Waals surface area contributed by atoms with Crippen LogP contribution in [0.3, 0.4) is 0 Å². The fourth-order valence-electron chi connectivity index (χ4n) is 2.79. The van der Waals surface area contributed by atoms with Gasteiger partial charge in [0.1, 0.15) is 11.9 Å². The minimum Gasteiger partial charge on any atom is -0.490 e. The molecule has 0 atom stereocenters. The Hall–Kier alpha value is -2.49. The van der Waals surface area contributed by atoms with Crippen LogP contribution in [0, 0.1) is 6.92 Å². The molecule has 4 heteroatoms. The molecule has 2 aromatic rings. The largest absolute Gasteiger partial charge is 0.490 e. The van der Waals surface area contributed by atoms with E-state index in [2.05, 4.69) is 5.32 Å². The summed E-state index contributed by atoms with van der Waals surface area (Å²) in [6.07, 6.45) is 1.90. The zero-order valence-corrected chi connectivity index (χ0v) is 13.4. The first-order valence-corrected chi connectivity index (χ1v) is 8.05. The summed E-state index contributed by atoms with van der Waals surface area (Å²) >= 11 is 0. The number of amides is 2. The molecule has 2 amide bonds. The van der Waals surface area contributed by atoms with E-state index >= 15 is 0 Å². The lowest BCUT2D eigenvalue weighted by Gasteiger charge is -2.32. The van der Waals surface area contributed by atoms with E-state index in [1.54, 1.807) is 0 Å². The van der Waals surface area contributed by atoms with Crippen LogP contribution in [0.25, 0.3) is 0 Å². The first-order chi connectivity index (χ1) is 11.2. The zero-order chi connectivity index (χ0) is 16.1. The number of hydrogen-bond donors (Lipinski definition) is 1. The number of urea groups is 1. The number of benzene rings is 2. The molecule has 0 aliphatic carbocycles. The average molecular weight is 310 g/mol. The lowest BCUT2D eigenvalue weighted by Crippen LogP contribution is -2.43. The van der Waals surface area contributed by atoms with Crippen LogP contribution in [-0.4, -0.2) is 30.1 Å². The van der Waals surface area contributed by atoms with Crippen LogP contribution in [0.15, 0.2) is 54.6 Å². The number of piperidine rings is 1. The molecule has 0 bridgehead atoms. The number of aryl methyl sites for hydroxylation is 1. The van der Waals surface area contributed by atoms with E-state index in [1.807, 2.05) is 66.4 Å². The Morgan fingerprint density at radius 1 is 1.09 bits per heavy atom.